The van der Waals surface area contributed by atoms with Gasteiger partial charge in [-0.15, -0.1) is 0 Å². The lowest BCUT2D eigenvalue weighted by molar-refractivity contribution is -0.136. The first-order chi connectivity index (χ1) is 12.8. The zero-order valence-corrected chi connectivity index (χ0v) is 15.9. The van der Waals surface area contributed by atoms with Crippen molar-refractivity contribution >= 4 is 22.8 Å². The third-order valence-electron chi connectivity index (χ3n) is 5.19. The number of carbonyl (C=O) groups is 2. The molecule has 0 atom stereocenters. The lowest BCUT2D eigenvalue weighted by Crippen LogP contribution is -2.45. The third kappa shape index (κ3) is 3.63. The first-order valence-corrected chi connectivity index (χ1v) is 9.10. The van der Waals surface area contributed by atoms with Gasteiger partial charge < -0.3 is 9.64 Å². The minimum Gasteiger partial charge on any atom is -0.452 e. The molecule has 1 aromatic carbocycles. The van der Waals surface area contributed by atoms with Gasteiger partial charge in [0.1, 0.15) is 5.54 Å². The number of aromatic nitrogens is 1. The summed E-state index contributed by atoms with van der Waals surface area (Å²) < 4.78 is 5.36. The van der Waals surface area contributed by atoms with Crippen LogP contribution in [-0.2, 0) is 22.4 Å². The van der Waals surface area contributed by atoms with Gasteiger partial charge in [0.25, 0.3) is 5.91 Å². The predicted molar refractivity (Wildman–Crippen MR) is 101 cm³/mol. The summed E-state index contributed by atoms with van der Waals surface area (Å²) in [6.45, 7) is 2.88. The fourth-order valence-electron chi connectivity index (χ4n) is 3.29. The second-order valence-electron chi connectivity index (χ2n) is 7.34. The molecule has 0 unspecified atom stereocenters. The number of fused-ring (bicyclic) bond motifs is 2. The second kappa shape index (κ2) is 7.36. The van der Waals surface area contributed by atoms with E-state index in [1.165, 1.54) is 11.9 Å². The number of amides is 1. The average Bonchev–Trinajstić information content (AvgIpc) is 2.69. The first-order valence-electron chi connectivity index (χ1n) is 9.10. The number of nitriles is 1. The van der Waals surface area contributed by atoms with Crippen molar-refractivity contribution in [2.24, 2.45) is 0 Å². The van der Waals surface area contributed by atoms with Gasteiger partial charge >= 0.3 is 5.97 Å². The van der Waals surface area contributed by atoms with Crippen molar-refractivity contribution < 1.29 is 14.3 Å². The summed E-state index contributed by atoms with van der Waals surface area (Å²) in [5.41, 5.74) is 2.19. The van der Waals surface area contributed by atoms with Crippen LogP contribution in [0.15, 0.2) is 24.3 Å². The van der Waals surface area contributed by atoms with Gasteiger partial charge in [-0.1, -0.05) is 18.2 Å². The maximum Gasteiger partial charge on any atom is 0.339 e. The Hall–Kier alpha value is -2.94. The number of hydrogen-bond donors (Lipinski definition) is 0. The zero-order chi connectivity index (χ0) is 19.6. The number of para-hydroxylation sites is 1. The van der Waals surface area contributed by atoms with E-state index in [0.29, 0.717) is 5.56 Å². The fraction of sp³-hybridized carbons (Fsp3) is 0.429. The number of pyridine rings is 1. The largest absolute Gasteiger partial charge is 0.452 e. The molecule has 1 heterocycles. The molecule has 140 valence electrons. The Labute approximate surface area is 158 Å². The van der Waals surface area contributed by atoms with Crippen molar-refractivity contribution in [3.63, 3.8) is 0 Å². The maximum atomic E-state index is 12.9. The summed E-state index contributed by atoms with van der Waals surface area (Å²) in [7, 11) is 1.53. The Kier molecular flexibility index (Phi) is 5.13. The van der Waals surface area contributed by atoms with Gasteiger partial charge in [0.2, 0.25) is 0 Å². The third-order valence-corrected chi connectivity index (χ3v) is 5.19. The Balaban J connectivity index is 1.88. The molecule has 1 aliphatic carbocycles. The van der Waals surface area contributed by atoms with Gasteiger partial charge in [-0.2, -0.15) is 5.26 Å². The summed E-state index contributed by atoms with van der Waals surface area (Å²) in [6, 6.07) is 9.57. The van der Waals surface area contributed by atoms with Crippen LogP contribution in [0.25, 0.3) is 10.9 Å². The first kappa shape index (κ1) is 18.8. The smallest absolute Gasteiger partial charge is 0.339 e. The minimum atomic E-state index is -0.966. The lowest BCUT2D eigenvalue weighted by Gasteiger charge is -2.29. The molecule has 1 aromatic heterocycles. The van der Waals surface area contributed by atoms with Crippen LogP contribution in [0, 0.1) is 11.3 Å². The predicted octanol–water partition coefficient (Wildman–Crippen LogP) is 3.03. The molecule has 0 spiro atoms. The topological polar surface area (TPSA) is 83.3 Å². The molecular formula is C21H23N3O3. The van der Waals surface area contributed by atoms with E-state index in [1.807, 2.05) is 24.3 Å². The molecule has 2 aromatic rings. The SMILES string of the molecule is CN(C(=O)COC(=O)c1c2c(nc3ccccc13)CCCC2)C(C)(C)C#N. The summed E-state index contributed by atoms with van der Waals surface area (Å²) in [5.74, 6) is -0.926. The molecule has 0 N–H and O–H groups in total. The van der Waals surface area contributed by atoms with Crippen molar-refractivity contribution in [3.8, 4) is 6.07 Å². The van der Waals surface area contributed by atoms with E-state index in [2.05, 4.69) is 6.07 Å². The molecule has 27 heavy (non-hydrogen) atoms. The van der Waals surface area contributed by atoms with Crippen LogP contribution < -0.4 is 0 Å². The van der Waals surface area contributed by atoms with Gasteiger partial charge in [0.05, 0.1) is 17.1 Å². The molecule has 1 amide bonds. The average molecular weight is 365 g/mol. The Morgan fingerprint density at radius 1 is 1.26 bits per heavy atom. The van der Waals surface area contributed by atoms with E-state index in [1.54, 1.807) is 13.8 Å². The van der Waals surface area contributed by atoms with Crippen LogP contribution in [0.3, 0.4) is 0 Å². The van der Waals surface area contributed by atoms with Crippen molar-refractivity contribution in [2.45, 2.75) is 45.1 Å². The number of aryl methyl sites for hydroxylation is 1. The fourth-order valence-corrected chi connectivity index (χ4v) is 3.29. The van der Waals surface area contributed by atoms with Crippen LogP contribution in [0.5, 0.6) is 0 Å². The van der Waals surface area contributed by atoms with Crippen LogP contribution >= 0.6 is 0 Å². The quantitative estimate of drug-likeness (QED) is 0.778. The van der Waals surface area contributed by atoms with Crippen molar-refractivity contribution in [3.05, 3.63) is 41.1 Å². The molecular weight excluding hydrogens is 342 g/mol. The summed E-state index contributed by atoms with van der Waals surface area (Å²) >= 11 is 0. The Bertz CT molecular complexity index is 944. The second-order valence-corrected chi connectivity index (χ2v) is 7.34. The Morgan fingerprint density at radius 2 is 1.96 bits per heavy atom. The number of likely N-dealkylation sites (N-methyl/N-ethyl adjacent to an activating group) is 1. The highest BCUT2D eigenvalue weighted by molar-refractivity contribution is 6.05. The zero-order valence-electron chi connectivity index (χ0n) is 15.9. The molecule has 6 nitrogen and oxygen atoms in total. The van der Waals surface area contributed by atoms with Gasteiger partial charge in [-0.3, -0.25) is 9.78 Å². The van der Waals surface area contributed by atoms with E-state index >= 15 is 0 Å². The minimum absolute atomic E-state index is 0.397. The highest BCUT2D eigenvalue weighted by atomic mass is 16.5. The van der Waals surface area contributed by atoms with Gasteiger partial charge in [0.15, 0.2) is 6.61 Å². The number of nitrogens with zero attached hydrogens (tertiary/aromatic N) is 3. The number of rotatable bonds is 4. The lowest BCUT2D eigenvalue weighted by atomic mass is 9.90. The maximum absolute atomic E-state index is 12.9. The highest BCUT2D eigenvalue weighted by Gasteiger charge is 2.29. The summed E-state index contributed by atoms with van der Waals surface area (Å²) in [5, 5.41) is 9.91. The molecule has 0 aliphatic heterocycles. The van der Waals surface area contributed by atoms with Gasteiger partial charge in [0, 0.05) is 18.1 Å². The molecule has 0 bridgehead atoms. The van der Waals surface area contributed by atoms with E-state index < -0.39 is 24.0 Å². The van der Waals surface area contributed by atoms with Crippen molar-refractivity contribution in [1.29, 1.82) is 5.26 Å². The van der Waals surface area contributed by atoms with Gasteiger partial charge in [-0.25, -0.2) is 4.79 Å². The molecule has 6 heteroatoms. The summed E-state index contributed by atoms with van der Waals surface area (Å²) in [4.78, 5) is 31.2. The Morgan fingerprint density at radius 3 is 2.70 bits per heavy atom. The van der Waals surface area contributed by atoms with Crippen LogP contribution in [0.4, 0.5) is 0 Å². The molecule has 0 saturated heterocycles. The number of hydrogen-bond acceptors (Lipinski definition) is 5. The normalized spacial score (nSPS) is 13.6. The number of carbonyl (C=O) groups excluding carboxylic acids is 2. The van der Waals surface area contributed by atoms with E-state index in [9.17, 15) is 9.59 Å². The molecule has 0 radical (unpaired) electrons. The van der Waals surface area contributed by atoms with Crippen LogP contribution in [-0.4, -0.2) is 41.0 Å². The summed E-state index contributed by atoms with van der Waals surface area (Å²) in [6.07, 6.45) is 3.69. The van der Waals surface area contributed by atoms with Crippen molar-refractivity contribution in [2.75, 3.05) is 13.7 Å². The molecule has 0 fully saturated rings. The highest BCUT2D eigenvalue weighted by Crippen LogP contribution is 2.29. The van der Waals surface area contributed by atoms with Crippen LogP contribution in [0.1, 0.15) is 48.3 Å². The van der Waals surface area contributed by atoms with Crippen molar-refractivity contribution in [1.82, 2.24) is 9.88 Å². The monoisotopic (exact) mass is 365 g/mol. The number of esters is 1. The van der Waals surface area contributed by atoms with E-state index in [0.717, 1.165) is 47.8 Å². The molecule has 1 aliphatic rings. The number of ether oxygens (including phenoxy) is 1. The van der Waals surface area contributed by atoms with Crippen LogP contribution in [0.2, 0.25) is 0 Å². The number of benzene rings is 1. The van der Waals surface area contributed by atoms with E-state index in [-0.39, 0.29) is 0 Å². The molecule has 3 rings (SSSR count). The van der Waals surface area contributed by atoms with E-state index in [4.69, 9.17) is 15.0 Å². The molecule has 0 saturated carbocycles. The van der Waals surface area contributed by atoms with Gasteiger partial charge in [-0.05, 0) is 51.2 Å². The standard InChI is InChI=1S/C21H23N3O3/c1-21(2,13-22)24(3)18(25)12-27-20(26)19-14-8-4-6-10-16(14)23-17-11-7-5-9-15(17)19/h4,6,8,10H,5,7,9,11-12H2,1-3H3.